The van der Waals surface area contributed by atoms with Crippen molar-refractivity contribution in [3.05, 3.63) is 35.9 Å². The number of rotatable bonds is 6. The largest absolute Gasteiger partial charge is 0.370 e. The van der Waals surface area contributed by atoms with Crippen molar-refractivity contribution in [1.82, 2.24) is 9.80 Å². The van der Waals surface area contributed by atoms with Gasteiger partial charge in [-0.25, -0.2) is 4.99 Å². The molecule has 0 saturated carbocycles. The lowest BCUT2D eigenvalue weighted by Crippen LogP contribution is -2.41. The third kappa shape index (κ3) is 6.84. The number of nitrogens with two attached hydrogens (primary N) is 1. The number of nitrogens with zero attached hydrogens (tertiary/aromatic N) is 3. The quantitative estimate of drug-likeness (QED) is 0.405. The highest BCUT2D eigenvalue weighted by Crippen LogP contribution is 2.21. The van der Waals surface area contributed by atoms with Gasteiger partial charge in [0.25, 0.3) is 0 Å². The number of hydrogen-bond acceptors (Lipinski definition) is 2. The predicted molar refractivity (Wildman–Crippen MR) is 114 cm³/mol. The van der Waals surface area contributed by atoms with Gasteiger partial charge < -0.3 is 15.5 Å². The lowest BCUT2D eigenvalue weighted by atomic mass is 9.90. The first-order valence-corrected chi connectivity index (χ1v) is 9.00. The first kappa shape index (κ1) is 21.7. The summed E-state index contributed by atoms with van der Waals surface area (Å²) in [5.74, 6) is 1.22. The summed E-state index contributed by atoms with van der Waals surface area (Å²) >= 11 is 0. The molecule has 0 bridgehead atoms. The summed E-state index contributed by atoms with van der Waals surface area (Å²) in [6.45, 7) is 7.51. The highest BCUT2D eigenvalue weighted by Gasteiger charge is 2.22. The van der Waals surface area contributed by atoms with E-state index in [0.29, 0.717) is 11.9 Å². The predicted octanol–water partition coefficient (Wildman–Crippen LogP) is 2.74. The molecule has 0 atom stereocenters. The smallest absolute Gasteiger partial charge is 0.244 e. The van der Waals surface area contributed by atoms with Crippen LogP contribution in [0.4, 0.5) is 0 Å². The molecule has 2 rings (SSSR count). The Morgan fingerprint density at radius 1 is 1.20 bits per heavy atom. The molecule has 1 aromatic carbocycles. The van der Waals surface area contributed by atoms with Gasteiger partial charge in [0.2, 0.25) is 5.91 Å². The maximum absolute atomic E-state index is 12.3. The van der Waals surface area contributed by atoms with Crippen LogP contribution >= 0.6 is 24.0 Å². The molecule has 1 aliphatic rings. The topological polar surface area (TPSA) is 61.9 Å². The molecule has 2 N–H and O–H groups in total. The fourth-order valence-electron chi connectivity index (χ4n) is 3.23. The van der Waals surface area contributed by atoms with Gasteiger partial charge in [0.05, 0.1) is 0 Å². The van der Waals surface area contributed by atoms with Gasteiger partial charge in [-0.3, -0.25) is 4.79 Å². The fraction of sp³-hybridized carbons (Fsp3) is 0.579. The van der Waals surface area contributed by atoms with E-state index >= 15 is 0 Å². The Labute approximate surface area is 168 Å². The van der Waals surface area contributed by atoms with Crippen LogP contribution in [-0.2, 0) is 11.2 Å². The fourth-order valence-corrected chi connectivity index (χ4v) is 3.23. The monoisotopic (exact) mass is 458 g/mol. The molecule has 1 heterocycles. The van der Waals surface area contributed by atoms with Crippen molar-refractivity contribution in [2.45, 2.75) is 33.1 Å². The second kappa shape index (κ2) is 11.3. The molecule has 5 nitrogen and oxygen atoms in total. The number of aliphatic imine (C=N–C) groups is 1. The normalized spacial score (nSPS) is 15.6. The standard InChI is InChI=1S/C19H30N4O.HI/c1-3-22(4-2)19(20)21-15-18(24)23-12-10-17(11-13-23)14-16-8-6-5-7-9-16;/h5-9,17H,3-4,10-15H2,1-2H3,(H2,20,21);1H. The second-order valence-corrected chi connectivity index (χ2v) is 6.36. The Balaban J connectivity index is 0.00000312. The van der Waals surface area contributed by atoms with E-state index in [2.05, 4.69) is 35.3 Å². The molecule has 1 aromatic rings. The van der Waals surface area contributed by atoms with Gasteiger partial charge in [-0.05, 0) is 44.6 Å². The minimum Gasteiger partial charge on any atom is -0.370 e. The summed E-state index contributed by atoms with van der Waals surface area (Å²) in [6, 6.07) is 10.6. The molecule has 6 heteroatoms. The highest BCUT2D eigenvalue weighted by molar-refractivity contribution is 14.0. The maximum atomic E-state index is 12.3. The van der Waals surface area contributed by atoms with Crippen LogP contribution < -0.4 is 5.73 Å². The van der Waals surface area contributed by atoms with Crippen molar-refractivity contribution >= 4 is 35.8 Å². The number of carbonyl (C=O) groups is 1. The highest BCUT2D eigenvalue weighted by atomic mass is 127. The first-order valence-electron chi connectivity index (χ1n) is 9.00. The summed E-state index contributed by atoms with van der Waals surface area (Å²) < 4.78 is 0. The van der Waals surface area contributed by atoms with Gasteiger partial charge in [-0.1, -0.05) is 30.3 Å². The molecule has 1 amide bonds. The zero-order valence-electron chi connectivity index (χ0n) is 15.4. The number of halogens is 1. The average Bonchev–Trinajstić information content (AvgIpc) is 2.62. The number of carbonyl (C=O) groups excluding carboxylic acids is 1. The van der Waals surface area contributed by atoms with Crippen LogP contribution in [0.15, 0.2) is 35.3 Å². The zero-order valence-corrected chi connectivity index (χ0v) is 17.7. The van der Waals surface area contributed by atoms with E-state index in [9.17, 15) is 4.79 Å². The number of amides is 1. The summed E-state index contributed by atoms with van der Waals surface area (Å²) in [7, 11) is 0. The summed E-state index contributed by atoms with van der Waals surface area (Å²) in [5, 5.41) is 0. The van der Waals surface area contributed by atoms with Crippen LogP contribution in [0.25, 0.3) is 0 Å². The SMILES string of the molecule is CCN(CC)C(N)=NCC(=O)N1CCC(Cc2ccccc2)CC1.I. The first-order chi connectivity index (χ1) is 11.6. The molecular formula is C19H31IN4O. The third-order valence-corrected chi connectivity index (χ3v) is 4.80. The average molecular weight is 458 g/mol. The van der Waals surface area contributed by atoms with Crippen LogP contribution in [0, 0.1) is 5.92 Å². The number of benzene rings is 1. The van der Waals surface area contributed by atoms with E-state index in [1.54, 1.807) is 0 Å². The Morgan fingerprint density at radius 3 is 2.36 bits per heavy atom. The van der Waals surface area contributed by atoms with Gasteiger partial charge in [0.15, 0.2) is 5.96 Å². The van der Waals surface area contributed by atoms with Crippen molar-refractivity contribution in [3.63, 3.8) is 0 Å². The lowest BCUT2D eigenvalue weighted by molar-refractivity contribution is -0.130. The van der Waals surface area contributed by atoms with E-state index in [-0.39, 0.29) is 36.4 Å². The Morgan fingerprint density at radius 2 is 1.80 bits per heavy atom. The van der Waals surface area contributed by atoms with Crippen LogP contribution in [0.1, 0.15) is 32.3 Å². The molecule has 1 aliphatic heterocycles. The molecule has 0 aliphatic carbocycles. The Hall–Kier alpha value is -1.31. The number of hydrogen-bond donors (Lipinski definition) is 1. The molecule has 25 heavy (non-hydrogen) atoms. The van der Waals surface area contributed by atoms with Crippen molar-refractivity contribution in [2.24, 2.45) is 16.6 Å². The minimum atomic E-state index is 0. The van der Waals surface area contributed by atoms with E-state index in [0.717, 1.165) is 45.4 Å². The second-order valence-electron chi connectivity index (χ2n) is 6.36. The van der Waals surface area contributed by atoms with Gasteiger partial charge in [-0.2, -0.15) is 0 Å². The molecule has 140 valence electrons. The minimum absolute atomic E-state index is 0. The van der Waals surface area contributed by atoms with Crippen molar-refractivity contribution in [1.29, 1.82) is 0 Å². The third-order valence-electron chi connectivity index (χ3n) is 4.80. The van der Waals surface area contributed by atoms with E-state index in [4.69, 9.17) is 5.73 Å². The molecule has 0 spiro atoms. The number of likely N-dealkylation sites (tertiary alicyclic amines) is 1. The van der Waals surface area contributed by atoms with Gasteiger partial charge in [0, 0.05) is 26.2 Å². The lowest BCUT2D eigenvalue weighted by Gasteiger charge is -2.32. The summed E-state index contributed by atoms with van der Waals surface area (Å²) in [6.07, 6.45) is 3.24. The van der Waals surface area contributed by atoms with Crippen molar-refractivity contribution in [2.75, 3.05) is 32.7 Å². The van der Waals surface area contributed by atoms with Crippen molar-refractivity contribution < 1.29 is 4.79 Å². The van der Waals surface area contributed by atoms with Gasteiger partial charge >= 0.3 is 0 Å². The molecule has 0 aromatic heterocycles. The van der Waals surface area contributed by atoms with E-state index < -0.39 is 0 Å². The van der Waals surface area contributed by atoms with E-state index in [1.807, 2.05) is 23.6 Å². The van der Waals surface area contributed by atoms with E-state index in [1.165, 1.54) is 5.56 Å². The van der Waals surface area contributed by atoms with Gasteiger partial charge in [-0.15, -0.1) is 24.0 Å². The summed E-state index contributed by atoms with van der Waals surface area (Å²) in [4.78, 5) is 20.5. The van der Waals surface area contributed by atoms with Crippen LogP contribution in [0.2, 0.25) is 0 Å². The summed E-state index contributed by atoms with van der Waals surface area (Å²) in [5.41, 5.74) is 7.32. The maximum Gasteiger partial charge on any atom is 0.244 e. The number of piperidine rings is 1. The molecule has 0 unspecified atom stereocenters. The zero-order chi connectivity index (χ0) is 17.4. The molecular weight excluding hydrogens is 427 g/mol. The van der Waals surface area contributed by atoms with Crippen LogP contribution in [0.3, 0.4) is 0 Å². The van der Waals surface area contributed by atoms with Gasteiger partial charge in [0.1, 0.15) is 6.54 Å². The molecule has 1 saturated heterocycles. The molecule has 1 fully saturated rings. The Kier molecular flexibility index (Phi) is 9.85. The Bertz CT molecular complexity index is 538. The van der Waals surface area contributed by atoms with Crippen LogP contribution in [-0.4, -0.2) is 54.4 Å². The molecule has 0 radical (unpaired) electrons. The van der Waals surface area contributed by atoms with Crippen LogP contribution in [0.5, 0.6) is 0 Å². The number of guanidine groups is 1. The van der Waals surface area contributed by atoms with Crippen molar-refractivity contribution in [3.8, 4) is 0 Å².